The first-order valence-electron chi connectivity index (χ1n) is 8.59. The minimum atomic E-state index is -0.219. The van der Waals surface area contributed by atoms with Crippen molar-refractivity contribution in [2.75, 3.05) is 45.2 Å². The van der Waals surface area contributed by atoms with Gasteiger partial charge >= 0.3 is 6.03 Å². The third-order valence-corrected chi connectivity index (χ3v) is 4.71. The lowest BCUT2D eigenvalue weighted by Gasteiger charge is -2.21. The van der Waals surface area contributed by atoms with Crippen LogP contribution in [0.4, 0.5) is 10.5 Å². The van der Waals surface area contributed by atoms with Gasteiger partial charge in [0.1, 0.15) is 0 Å². The molecule has 0 aliphatic carbocycles. The first-order valence-corrected chi connectivity index (χ1v) is 8.97. The Labute approximate surface area is 154 Å². The average Bonchev–Trinajstić information content (AvgIpc) is 3.03. The molecule has 1 unspecified atom stereocenters. The maximum atomic E-state index is 11.8. The number of carbonyl (C=O) groups excluding carboxylic acids is 2. The summed E-state index contributed by atoms with van der Waals surface area (Å²) in [5.41, 5.74) is 2.38. The molecule has 1 aliphatic heterocycles. The third-order valence-electron chi connectivity index (χ3n) is 4.47. The van der Waals surface area contributed by atoms with E-state index in [1.54, 1.807) is 14.1 Å². The maximum absolute atomic E-state index is 11.8. The second-order valence-electron chi connectivity index (χ2n) is 6.71. The molecule has 2 N–H and O–H groups in total. The number of aryl methyl sites for hydroxylation is 1. The van der Waals surface area contributed by atoms with Crippen molar-refractivity contribution in [3.8, 4) is 0 Å². The van der Waals surface area contributed by atoms with Crippen LogP contribution in [0.3, 0.4) is 0 Å². The van der Waals surface area contributed by atoms with E-state index < -0.39 is 0 Å². The second-order valence-corrected chi connectivity index (χ2v) is 7.14. The fraction of sp³-hybridized carbons (Fsp3) is 0.556. The molecule has 1 heterocycles. The maximum Gasteiger partial charge on any atom is 0.314 e. The molecule has 0 saturated carbocycles. The second kappa shape index (κ2) is 8.94. The Bertz CT molecular complexity index is 621. The van der Waals surface area contributed by atoms with Crippen molar-refractivity contribution in [1.82, 2.24) is 15.5 Å². The number of nitrogens with zero attached hydrogens (tertiary/aromatic N) is 2. The number of halogens is 1. The van der Waals surface area contributed by atoms with Gasteiger partial charge in [-0.3, -0.25) is 4.79 Å². The minimum absolute atomic E-state index is 0.00336. The van der Waals surface area contributed by atoms with Gasteiger partial charge < -0.3 is 20.4 Å². The van der Waals surface area contributed by atoms with Gasteiger partial charge in [0, 0.05) is 57.4 Å². The zero-order chi connectivity index (χ0) is 18.4. The molecule has 6 nitrogen and oxygen atoms in total. The Morgan fingerprint density at radius 1 is 1.32 bits per heavy atom. The van der Waals surface area contributed by atoms with E-state index in [0.29, 0.717) is 25.4 Å². The number of hydrogen-bond acceptors (Lipinski definition) is 3. The van der Waals surface area contributed by atoms with Gasteiger partial charge in [0.05, 0.1) is 0 Å². The summed E-state index contributed by atoms with van der Waals surface area (Å²) in [4.78, 5) is 27.1. The Hall–Kier alpha value is -1.95. The van der Waals surface area contributed by atoms with Crippen molar-refractivity contribution in [2.24, 2.45) is 5.92 Å². The van der Waals surface area contributed by atoms with Crippen molar-refractivity contribution >= 4 is 29.2 Å². The molecule has 25 heavy (non-hydrogen) atoms. The molecule has 3 amide bonds. The van der Waals surface area contributed by atoms with Crippen molar-refractivity contribution in [1.29, 1.82) is 0 Å². The van der Waals surface area contributed by atoms with E-state index in [4.69, 9.17) is 11.6 Å². The predicted molar refractivity (Wildman–Crippen MR) is 101 cm³/mol. The predicted octanol–water partition coefficient (Wildman–Crippen LogP) is 2.25. The lowest BCUT2D eigenvalue weighted by atomic mass is 10.1. The summed E-state index contributed by atoms with van der Waals surface area (Å²) >= 11 is 6.11. The van der Waals surface area contributed by atoms with E-state index >= 15 is 0 Å². The summed E-state index contributed by atoms with van der Waals surface area (Å²) in [5, 5.41) is 6.37. The number of carbonyl (C=O) groups is 2. The summed E-state index contributed by atoms with van der Waals surface area (Å²) in [6, 6.07) is 5.72. The highest BCUT2D eigenvalue weighted by molar-refractivity contribution is 6.30. The Morgan fingerprint density at radius 3 is 2.80 bits per heavy atom. The van der Waals surface area contributed by atoms with Gasteiger partial charge in [-0.05, 0) is 37.0 Å². The van der Waals surface area contributed by atoms with Gasteiger partial charge in [-0.2, -0.15) is 0 Å². The molecule has 1 saturated heterocycles. The zero-order valence-corrected chi connectivity index (χ0v) is 15.9. The van der Waals surface area contributed by atoms with Crippen LogP contribution in [-0.2, 0) is 4.79 Å². The molecule has 7 heteroatoms. The van der Waals surface area contributed by atoms with Crippen molar-refractivity contribution in [2.45, 2.75) is 19.8 Å². The number of anilines is 1. The molecule has 1 aromatic rings. The van der Waals surface area contributed by atoms with Gasteiger partial charge in [0.15, 0.2) is 0 Å². The van der Waals surface area contributed by atoms with Crippen LogP contribution in [0, 0.1) is 12.8 Å². The largest absolute Gasteiger partial charge is 0.371 e. The molecule has 0 spiro atoms. The Morgan fingerprint density at radius 2 is 2.08 bits per heavy atom. The highest BCUT2D eigenvalue weighted by Crippen LogP contribution is 2.29. The molecule has 1 atom stereocenters. The van der Waals surface area contributed by atoms with Crippen molar-refractivity contribution in [3.63, 3.8) is 0 Å². The van der Waals surface area contributed by atoms with Crippen LogP contribution in [0.15, 0.2) is 18.2 Å². The van der Waals surface area contributed by atoms with E-state index in [1.165, 1.54) is 16.2 Å². The normalized spacial score (nSPS) is 16.6. The summed E-state index contributed by atoms with van der Waals surface area (Å²) < 4.78 is 0. The van der Waals surface area contributed by atoms with Crippen LogP contribution in [-0.4, -0.2) is 57.1 Å². The summed E-state index contributed by atoms with van der Waals surface area (Å²) in [6.07, 6.45) is 1.34. The molecule has 0 aromatic heterocycles. The molecular weight excluding hydrogens is 340 g/mol. The first-order chi connectivity index (χ1) is 11.9. The average molecular weight is 367 g/mol. The fourth-order valence-corrected chi connectivity index (χ4v) is 3.11. The summed E-state index contributed by atoms with van der Waals surface area (Å²) in [5.74, 6) is 0.413. The van der Waals surface area contributed by atoms with E-state index in [-0.39, 0.29) is 11.9 Å². The fourth-order valence-electron chi connectivity index (χ4n) is 2.95. The monoisotopic (exact) mass is 366 g/mol. The first kappa shape index (κ1) is 19.4. The van der Waals surface area contributed by atoms with Gasteiger partial charge in [-0.15, -0.1) is 0 Å². The molecule has 1 fully saturated rings. The van der Waals surface area contributed by atoms with Crippen molar-refractivity contribution in [3.05, 3.63) is 28.8 Å². The number of urea groups is 1. The highest BCUT2D eigenvalue weighted by atomic mass is 35.5. The quantitative estimate of drug-likeness (QED) is 0.811. The number of benzene rings is 1. The lowest BCUT2D eigenvalue weighted by Crippen LogP contribution is -2.40. The molecule has 1 aromatic carbocycles. The Balaban J connectivity index is 1.71. The SMILES string of the molecule is Cc1ccc(Cl)cc1N1CCC(CNC(=O)NCCC(=O)N(C)C)C1. The van der Waals surface area contributed by atoms with Gasteiger partial charge in [-0.25, -0.2) is 4.79 Å². The van der Waals surface area contributed by atoms with E-state index in [1.807, 2.05) is 18.2 Å². The van der Waals surface area contributed by atoms with Crippen LogP contribution in [0.2, 0.25) is 5.02 Å². The number of hydrogen-bond donors (Lipinski definition) is 2. The Kier molecular flexibility index (Phi) is 6.93. The van der Waals surface area contributed by atoms with E-state index in [9.17, 15) is 9.59 Å². The van der Waals surface area contributed by atoms with Crippen LogP contribution >= 0.6 is 11.6 Å². The van der Waals surface area contributed by atoms with Crippen LogP contribution in [0.1, 0.15) is 18.4 Å². The lowest BCUT2D eigenvalue weighted by molar-refractivity contribution is -0.128. The molecule has 1 aliphatic rings. The van der Waals surface area contributed by atoms with Gasteiger partial charge in [0.2, 0.25) is 5.91 Å². The molecule has 138 valence electrons. The zero-order valence-electron chi connectivity index (χ0n) is 15.1. The standard InChI is InChI=1S/C18H27ClN4O2/c1-13-4-5-15(19)10-16(13)23-9-7-14(12-23)11-21-18(25)20-8-6-17(24)22(2)3/h4-5,10,14H,6-9,11-12H2,1-3H3,(H2,20,21,25). The number of amides is 3. The number of rotatable bonds is 6. The van der Waals surface area contributed by atoms with Crippen molar-refractivity contribution < 1.29 is 9.59 Å². The molecule has 0 bridgehead atoms. The summed E-state index contributed by atoms with van der Waals surface area (Å²) in [7, 11) is 3.41. The number of nitrogens with one attached hydrogen (secondary N) is 2. The molecular formula is C18H27ClN4O2. The van der Waals surface area contributed by atoms with E-state index in [2.05, 4.69) is 22.5 Å². The van der Waals surface area contributed by atoms with Crippen LogP contribution in [0.5, 0.6) is 0 Å². The van der Waals surface area contributed by atoms with Crippen LogP contribution in [0.25, 0.3) is 0 Å². The van der Waals surface area contributed by atoms with Crippen LogP contribution < -0.4 is 15.5 Å². The molecule has 0 radical (unpaired) electrons. The van der Waals surface area contributed by atoms with E-state index in [0.717, 1.165) is 24.5 Å². The van der Waals surface area contributed by atoms with Gasteiger partial charge in [0.25, 0.3) is 0 Å². The third kappa shape index (κ3) is 5.81. The minimum Gasteiger partial charge on any atom is -0.371 e. The molecule has 2 rings (SSSR count). The smallest absolute Gasteiger partial charge is 0.314 e. The summed E-state index contributed by atoms with van der Waals surface area (Å²) in [6.45, 7) is 4.93. The highest BCUT2D eigenvalue weighted by Gasteiger charge is 2.24. The topological polar surface area (TPSA) is 64.7 Å². The van der Waals surface area contributed by atoms with Gasteiger partial charge in [-0.1, -0.05) is 17.7 Å².